The van der Waals surface area contributed by atoms with Gasteiger partial charge in [0, 0.05) is 31.0 Å². The van der Waals surface area contributed by atoms with Gasteiger partial charge in [0.2, 0.25) is 5.88 Å². The molecule has 0 saturated heterocycles. The molecule has 0 saturated carbocycles. The lowest BCUT2D eigenvalue weighted by Gasteiger charge is -2.04. The van der Waals surface area contributed by atoms with Gasteiger partial charge in [-0.05, 0) is 13.0 Å². The van der Waals surface area contributed by atoms with Crippen LogP contribution in [-0.2, 0) is 13.0 Å². The number of aromatic nitrogens is 2. The molecule has 0 aliphatic carbocycles. The number of ether oxygens (including phenoxy) is 1. The van der Waals surface area contributed by atoms with Crippen LogP contribution in [0.25, 0.3) is 0 Å². The Hall–Kier alpha value is -1.46. The number of hydrogen-bond donors (Lipinski definition) is 1. The molecule has 2 aromatic heterocycles. The van der Waals surface area contributed by atoms with E-state index in [1.165, 1.54) is 0 Å². The van der Waals surface area contributed by atoms with Crippen LogP contribution in [0.1, 0.15) is 16.4 Å². The van der Waals surface area contributed by atoms with E-state index in [-0.39, 0.29) is 0 Å². The first kappa shape index (κ1) is 13.0. The number of thiazole rings is 1. The second kappa shape index (κ2) is 6.47. The number of nitrogens with one attached hydrogen (secondary N) is 1. The maximum atomic E-state index is 5.09. The van der Waals surface area contributed by atoms with Gasteiger partial charge >= 0.3 is 0 Å². The zero-order chi connectivity index (χ0) is 12.8. The number of pyridine rings is 1. The fourth-order valence-electron chi connectivity index (χ4n) is 1.63. The lowest BCUT2D eigenvalue weighted by Crippen LogP contribution is -2.17. The zero-order valence-electron chi connectivity index (χ0n) is 10.6. The van der Waals surface area contributed by atoms with E-state index in [0.717, 1.165) is 35.9 Å². The van der Waals surface area contributed by atoms with Gasteiger partial charge in [0.25, 0.3) is 0 Å². The molecule has 0 aromatic carbocycles. The summed E-state index contributed by atoms with van der Waals surface area (Å²) in [6.45, 7) is 3.68. The quantitative estimate of drug-likeness (QED) is 0.812. The summed E-state index contributed by atoms with van der Waals surface area (Å²) in [7, 11) is 1.63. The molecule has 0 atom stereocenters. The Kier molecular flexibility index (Phi) is 4.66. The summed E-state index contributed by atoms with van der Waals surface area (Å²) in [6.07, 6.45) is 0.953. The molecule has 96 valence electrons. The Morgan fingerprint density at radius 2 is 2.17 bits per heavy atom. The first-order valence-corrected chi connectivity index (χ1v) is 6.77. The molecule has 0 aliphatic heterocycles. The van der Waals surface area contributed by atoms with Crippen molar-refractivity contribution in [2.45, 2.75) is 19.9 Å². The highest BCUT2D eigenvalue weighted by molar-refractivity contribution is 7.09. The van der Waals surface area contributed by atoms with Gasteiger partial charge in [0.05, 0.1) is 23.5 Å². The van der Waals surface area contributed by atoms with E-state index in [1.54, 1.807) is 18.4 Å². The summed E-state index contributed by atoms with van der Waals surface area (Å²) in [4.78, 5) is 8.77. The second-order valence-corrected chi connectivity index (χ2v) is 5.02. The molecule has 2 heterocycles. The van der Waals surface area contributed by atoms with Crippen LogP contribution in [0.3, 0.4) is 0 Å². The molecule has 0 unspecified atom stereocenters. The lowest BCUT2D eigenvalue weighted by molar-refractivity contribution is 0.395. The molecule has 0 spiro atoms. The van der Waals surface area contributed by atoms with Crippen molar-refractivity contribution in [2.24, 2.45) is 0 Å². The maximum Gasteiger partial charge on any atom is 0.213 e. The minimum absolute atomic E-state index is 0.657. The van der Waals surface area contributed by atoms with E-state index in [1.807, 2.05) is 25.1 Å². The summed E-state index contributed by atoms with van der Waals surface area (Å²) in [5.41, 5.74) is 2.15. The van der Waals surface area contributed by atoms with Crippen molar-refractivity contribution in [3.8, 4) is 5.88 Å². The number of rotatable bonds is 6. The summed E-state index contributed by atoms with van der Waals surface area (Å²) in [6, 6.07) is 5.79. The van der Waals surface area contributed by atoms with Gasteiger partial charge in [-0.1, -0.05) is 6.07 Å². The third kappa shape index (κ3) is 3.78. The molecule has 0 amide bonds. The van der Waals surface area contributed by atoms with Gasteiger partial charge < -0.3 is 10.1 Å². The van der Waals surface area contributed by atoms with Crippen LogP contribution in [-0.4, -0.2) is 23.6 Å². The average molecular weight is 263 g/mol. The summed E-state index contributed by atoms with van der Waals surface area (Å²) < 4.78 is 5.09. The highest BCUT2D eigenvalue weighted by Crippen LogP contribution is 2.08. The van der Waals surface area contributed by atoms with Crippen LogP contribution in [0.4, 0.5) is 0 Å². The predicted molar refractivity (Wildman–Crippen MR) is 73.1 cm³/mol. The summed E-state index contributed by atoms with van der Waals surface area (Å²) in [5.74, 6) is 0.657. The van der Waals surface area contributed by atoms with Gasteiger partial charge in [-0.25, -0.2) is 9.97 Å². The first-order chi connectivity index (χ1) is 8.78. The molecule has 18 heavy (non-hydrogen) atoms. The van der Waals surface area contributed by atoms with Crippen molar-refractivity contribution in [3.63, 3.8) is 0 Å². The Balaban J connectivity index is 1.74. The molecule has 4 nitrogen and oxygen atoms in total. The largest absolute Gasteiger partial charge is 0.481 e. The normalized spacial score (nSPS) is 10.6. The molecule has 2 aromatic rings. The topological polar surface area (TPSA) is 47.0 Å². The van der Waals surface area contributed by atoms with Crippen molar-refractivity contribution in [1.82, 2.24) is 15.3 Å². The van der Waals surface area contributed by atoms with Crippen LogP contribution < -0.4 is 10.1 Å². The van der Waals surface area contributed by atoms with E-state index in [4.69, 9.17) is 4.74 Å². The third-order valence-electron chi connectivity index (χ3n) is 2.52. The van der Waals surface area contributed by atoms with Crippen molar-refractivity contribution in [3.05, 3.63) is 40.0 Å². The summed E-state index contributed by atoms with van der Waals surface area (Å²) in [5, 5.41) is 6.59. The van der Waals surface area contributed by atoms with Crippen LogP contribution in [0.5, 0.6) is 5.88 Å². The molecule has 2 rings (SSSR count). The standard InChI is InChI=1S/C13H17N3OS/c1-10-15-12(9-18-10)6-7-14-8-11-4-3-5-13(16-11)17-2/h3-5,9,14H,6-8H2,1-2H3. The third-order valence-corrected chi connectivity index (χ3v) is 3.34. The number of aryl methyl sites for hydroxylation is 1. The molecular formula is C13H17N3OS. The van der Waals surface area contributed by atoms with Gasteiger partial charge in [-0.3, -0.25) is 0 Å². The van der Waals surface area contributed by atoms with Gasteiger partial charge in [-0.15, -0.1) is 11.3 Å². The fourth-order valence-corrected chi connectivity index (χ4v) is 2.27. The van der Waals surface area contributed by atoms with Crippen molar-refractivity contribution >= 4 is 11.3 Å². The minimum Gasteiger partial charge on any atom is -0.481 e. The van der Waals surface area contributed by atoms with Gasteiger partial charge in [-0.2, -0.15) is 0 Å². The molecular weight excluding hydrogens is 246 g/mol. The Labute approximate surface area is 111 Å². The Morgan fingerprint density at radius 3 is 2.89 bits per heavy atom. The van der Waals surface area contributed by atoms with E-state index < -0.39 is 0 Å². The van der Waals surface area contributed by atoms with Gasteiger partial charge in [0.1, 0.15) is 0 Å². The number of hydrogen-bond acceptors (Lipinski definition) is 5. The second-order valence-electron chi connectivity index (χ2n) is 3.96. The molecule has 0 radical (unpaired) electrons. The van der Waals surface area contributed by atoms with E-state index >= 15 is 0 Å². The Bertz CT molecular complexity index is 498. The number of nitrogens with zero attached hydrogens (tertiary/aromatic N) is 2. The average Bonchev–Trinajstić information content (AvgIpc) is 2.81. The van der Waals surface area contributed by atoms with Crippen LogP contribution in [0, 0.1) is 6.92 Å². The Morgan fingerprint density at radius 1 is 1.28 bits per heavy atom. The highest BCUT2D eigenvalue weighted by Gasteiger charge is 1.99. The number of methoxy groups -OCH3 is 1. The van der Waals surface area contributed by atoms with Crippen molar-refractivity contribution < 1.29 is 4.74 Å². The molecule has 0 fully saturated rings. The monoisotopic (exact) mass is 263 g/mol. The highest BCUT2D eigenvalue weighted by atomic mass is 32.1. The van der Waals surface area contributed by atoms with E-state index in [2.05, 4.69) is 20.7 Å². The smallest absolute Gasteiger partial charge is 0.213 e. The van der Waals surface area contributed by atoms with E-state index in [0.29, 0.717) is 5.88 Å². The molecule has 0 bridgehead atoms. The fraction of sp³-hybridized carbons (Fsp3) is 0.385. The maximum absolute atomic E-state index is 5.09. The summed E-state index contributed by atoms with van der Waals surface area (Å²) >= 11 is 1.70. The molecule has 5 heteroatoms. The first-order valence-electron chi connectivity index (χ1n) is 5.89. The molecule has 1 N–H and O–H groups in total. The van der Waals surface area contributed by atoms with Crippen LogP contribution in [0.2, 0.25) is 0 Å². The predicted octanol–water partition coefficient (Wildman–Crippen LogP) is 2.19. The van der Waals surface area contributed by atoms with E-state index in [9.17, 15) is 0 Å². The minimum atomic E-state index is 0.657. The van der Waals surface area contributed by atoms with Gasteiger partial charge in [0.15, 0.2) is 0 Å². The van der Waals surface area contributed by atoms with Crippen molar-refractivity contribution in [1.29, 1.82) is 0 Å². The van der Waals surface area contributed by atoms with Crippen LogP contribution in [0.15, 0.2) is 23.6 Å². The van der Waals surface area contributed by atoms with Crippen LogP contribution >= 0.6 is 11.3 Å². The SMILES string of the molecule is COc1cccc(CNCCc2csc(C)n2)n1. The zero-order valence-corrected chi connectivity index (χ0v) is 11.5. The van der Waals surface area contributed by atoms with Crippen molar-refractivity contribution in [2.75, 3.05) is 13.7 Å². The lowest BCUT2D eigenvalue weighted by atomic mass is 10.3. The molecule has 0 aliphatic rings.